The average molecular weight is 314 g/mol. The predicted octanol–water partition coefficient (Wildman–Crippen LogP) is 3.14. The molecule has 0 radical (unpaired) electrons. The first-order valence-electron chi connectivity index (χ1n) is 8.62. The molecule has 1 aromatic carbocycles. The number of carbonyl (C=O) groups is 2. The number of aryl methyl sites for hydroxylation is 2. The van der Waals surface area contributed by atoms with Crippen LogP contribution in [0.5, 0.6) is 0 Å². The van der Waals surface area contributed by atoms with Crippen LogP contribution >= 0.6 is 0 Å². The zero-order valence-corrected chi connectivity index (χ0v) is 14.3. The molecule has 2 fully saturated rings. The summed E-state index contributed by atoms with van der Waals surface area (Å²) in [4.78, 5) is 26.8. The molecule has 0 aromatic heterocycles. The lowest BCUT2D eigenvalue weighted by Crippen LogP contribution is -2.40. The van der Waals surface area contributed by atoms with E-state index in [0.717, 1.165) is 30.8 Å². The van der Waals surface area contributed by atoms with E-state index >= 15 is 0 Å². The van der Waals surface area contributed by atoms with Crippen LogP contribution in [0.1, 0.15) is 37.3 Å². The fourth-order valence-electron chi connectivity index (χ4n) is 3.44. The predicted molar refractivity (Wildman–Crippen MR) is 91.1 cm³/mol. The monoisotopic (exact) mass is 314 g/mol. The van der Waals surface area contributed by atoms with Crippen molar-refractivity contribution in [1.29, 1.82) is 0 Å². The lowest BCUT2D eigenvalue weighted by Gasteiger charge is -2.31. The Labute approximate surface area is 138 Å². The average Bonchev–Trinajstić information content (AvgIpc) is 3.31. The zero-order chi connectivity index (χ0) is 16.6. The second-order valence-electron chi connectivity index (χ2n) is 7.27. The molecule has 1 aliphatic carbocycles. The summed E-state index contributed by atoms with van der Waals surface area (Å²) in [5, 5.41) is 2.96. The van der Waals surface area contributed by atoms with Crippen LogP contribution in [0.4, 0.5) is 5.69 Å². The smallest absolute Gasteiger partial charge is 0.228 e. The van der Waals surface area contributed by atoms with Crippen LogP contribution in [0, 0.1) is 31.6 Å². The van der Waals surface area contributed by atoms with Crippen LogP contribution in [0.15, 0.2) is 18.2 Å². The van der Waals surface area contributed by atoms with Crippen LogP contribution in [0.3, 0.4) is 0 Å². The van der Waals surface area contributed by atoms with Crippen LogP contribution in [-0.4, -0.2) is 29.8 Å². The molecule has 1 heterocycles. The van der Waals surface area contributed by atoms with E-state index in [9.17, 15) is 9.59 Å². The summed E-state index contributed by atoms with van der Waals surface area (Å²) < 4.78 is 0. The number of piperidine rings is 1. The third-order valence-electron chi connectivity index (χ3n) is 5.19. The summed E-state index contributed by atoms with van der Waals surface area (Å²) in [6.07, 6.45) is 2.98. The Bertz CT molecular complexity index is 626. The summed E-state index contributed by atoms with van der Waals surface area (Å²) in [6, 6.07) is 5.92. The third-order valence-corrected chi connectivity index (χ3v) is 5.19. The first-order valence-corrected chi connectivity index (χ1v) is 8.62. The molecule has 1 aliphatic heterocycles. The molecule has 3 unspecified atom stereocenters. The summed E-state index contributed by atoms with van der Waals surface area (Å²) in [5.41, 5.74) is 3.19. The lowest BCUT2D eigenvalue weighted by molar-refractivity contribution is -0.135. The maximum absolute atomic E-state index is 12.5. The number of carbonyl (C=O) groups excluding carboxylic acids is 2. The second-order valence-corrected chi connectivity index (χ2v) is 7.27. The van der Waals surface area contributed by atoms with Crippen molar-refractivity contribution in [1.82, 2.24) is 4.90 Å². The number of hydrogen-bond acceptors (Lipinski definition) is 2. The van der Waals surface area contributed by atoms with Crippen molar-refractivity contribution in [3.8, 4) is 0 Å². The Morgan fingerprint density at radius 3 is 2.65 bits per heavy atom. The fraction of sp³-hybridized carbons (Fsp3) is 0.579. The number of amides is 2. The molecule has 1 saturated heterocycles. The number of hydrogen-bond donors (Lipinski definition) is 1. The molecule has 2 amide bonds. The molecule has 124 valence electrons. The number of nitrogens with one attached hydrogen (secondary N) is 1. The zero-order valence-electron chi connectivity index (χ0n) is 14.3. The minimum atomic E-state index is -0.152. The fourth-order valence-corrected chi connectivity index (χ4v) is 3.44. The van der Waals surface area contributed by atoms with E-state index in [-0.39, 0.29) is 23.7 Å². The van der Waals surface area contributed by atoms with E-state index in [1.54, 1.807) is 0 Å². The number of rotatable bonds is 3. The van der Waals surface area contributed by atoms with Gasteiger partial charge in [-0.2, -0.15) is 0 Å². The maximum atomic E-state index is 12.5. The van der Waals surface area contributed by atoms with Crippen molar-refractivity contribution in [2.24, 2.45) is 17.8 Å². The molecule has 1 N–H and O–H groups in total. The minimum absolute atomic E-state index is 0.0170. The SMILES string of the molecule is Cc1ccc(NC(=O)C2CC2C(=O)N2CCCC(C)C2)cc1C. The standard InChI is InChI=1S/C19H26N2O2/c1-12-5-4-8-21(11-12)19(23)17-10-16(17)18(22)20-15-7-6-13(2)14(3)9-15/h6-7,9,12,16-17H,4-5,8,10-11H2,1-3H3,(H,20,22). The van der Waals surface area contributed by atoms with Crippen molar-refractivity contribution in [3.63, 3.8) is 0 Å². The summed E-state index contributed by atoms with van der Waals surface area (Å²) >= 11 is 0. The highest BCUT2D eigenvalue weighted by Crippen LogP contribution is 2.41. The van der Waals surface area contributed by atoms with Crippen LogP contribution in [-0.2, 0) is 9.59 Å². The second kappa shape index (κ2) is 6.34. The highest BCUT2D eigenvalue weighted by atomic mass is 16.2. The van der Waals surface area contributed by atoms with Gasteiger partial charge in [0, 0.05) is 18.8 Å². The highest BCUT2D eigenvalue weighted by Gasteiger charge is 2.49. The number of benzene rings is 1. The lowest BCUT2D eigenvalue weighted by atomic mass is 10.00. The van der Waals surface area contributed by atoms with E-state index in [2.05, 4.69) is 19.2 Å². The van der Waals surface area contributed by atoms with Gasteiger partial charge in [-0.05, 0) is 62.3 Å². The molecular formula is C19H26N2O2. The number of likely N-dealkylation sites (tertiary alicyclic amines) is 1. The summed E-state index contributed by atoms with van der Waals surface area (Å²) in [5.74, 6) is 0.482. The van der Waals surface area contributed by atoms with E-state index in [4.69, 9.17) is 0 Å². The normalized spacial score (nSPS) is 26.7. The largest absolute Gasteiger partial charge is 0.342 e. The quantitative estimate of drug-likeness (QED) is 0.932. The minimum Gasteiger partial charge on any atom is -0.342 e. The Morgan fingerprint density at radius 2 is 1.96 bits per heavy atom. The molecule has 3 rings (SSSR count). The Kier molecular flexibility index (Phi) is 4.42. The van der Waals surface area contributed by atoms with Gasteiger partial charge in [0.1, 0.15) is 0 Å². The summed E-state index contributed by atoms with van der Waals surface area (Å²) in [6.45, 7) is 7.98. The van der Waals surface area contributed by atoms with Crippen LogP contribution in [0.2, 0.25) is 0 Å². The molecule has 1 saturated carbocycles. The molecule has 4 nitrogen and oxygen atoms in total. The van der Waals surface area contributed by atoms with Gasteiger partial charge in [0.05, 0.1) is 11.8 Å². The first-order chi connectivity index (χ1) is 11.0. The number of anilines is 1. The molecule has 0 spiro atoms. The highest BCUT2D eigenvalue weighted by molar-refractivity contribution is 5.99. The van der Waals surface area contributed by atoms with E-state index < -0.39 is 0 Å². The van der Waals surface area contributed by atoms with E-state index in [1.807, 2.05) is 30.0 Å². The Balaban J connectivity index is 1.56. The van der Waals surface area contributed by atoms with Crippen molar-refractivity contribution in [3.05, 3.63) is 29.3 Å². The van der Waals surface area contributed by atoms with Crippen molar-refractivity contribution >= 4 is 17.5 Å². The molecule has 1 aromatic rings. The first kappa shape index (κ1) is 16.0. The Hall–Kier alpha value is -1.84. The Morgan fingerprint density at radius 1 is 1.17 bits per heavy atom. The summed E-state index contributed by atoms with van der Waals surface area (Å²) in [7, 11) is 0. The number of nitrogens with zero attached hydrogens (tertiary/aromatic N) is 1. The van der Waals surface area contributed by atoms with Gasteiger partial charge in [-0.25, -0.2) is 0 Å². The van der Waals surface area contributed by atoms with Gasteiger partial charge in [-0.1, -0.05) is 13.0 Å². The molecule has 0 bridgehead atoms. The van der Waals surface area contributed by atoms with Crippen molar-refractivity contribution in [2.45, 2.75) is 40.0 Å². The van der Waals surface area contributed by atoms with Gasteiger partial charge >= 0.3 is 0 Å². The molecule has 2 aliphatic rings. The van der Waals surface area contributed by atoms with Crippen molar-refractivity contribution in [2.75, 3.05) is 18.4 Å². The van der Waals surface area contributed by atoms with Gasteiger partial charge < -0.3 is 10.2 Å². The molecule has 3 atom stereocenters. The van der Waals surface area contributed by atoms with Gasteiger partial charge in [0.2, 0.25) is 11.8 Å². The topological polar surface area (TPSA) is 49.4 Å². The van der Waals surface area contributed by atoms with Gasteiger partial charge in [-0.15, -0.1) is 0 Å². The molecule has 23 heavy (non-hydrogen) atoms. The third kappa shape index (κ3) is 3.57. The molecular weight excluding hydrogens is 288 g/mol. The van der Waals surface area contributed by atoms with Crippen LogP contribution in [0.25, 0.3) is 0 Å². The van der Waals surface area contributed by atoms with Gasteiger partial charge in [-0.3, -0.25) is 9.59 Å². The van der Waals surface area contributed by atoms with Crippen LogP contribution < -0.4 is 5.32 Å². The van der Waals surface area contributed by atoms with Gasteiger partial charge in [0.15, 0.2) is 0 Å². The van der Waals surface area contributed by atoms with E-state index in [1.165, 1.54) is 12.0 Å². The van der Waals surface area contributed by atoms with Crippen molar-refractivity contribution < 1.29 is 9.59 Å². The van der Waals surface area contributed by atoms with E-state index in [0.29, 0.717) is 12.3 Å². The molecule has 4 heteroatoms. The maximum Gasteiger partial charge on any atom is 0.228 e. The van der Waals surface area contributed by atoms with Gasteiger partial charge in [0.25, 0.3) is 0 Å².